The van der Waals surface area contributed by atoms with Crippen LogP contribution in [0.4, 0.5) is 13.2 Å². The maximum absolute atomic E-state index is 12.5. The van der Waals surface area contributed by atoms with E-state index in [-0.39, 0.29) is 5.41 Å². The van der Waals surface area contributed by atoms with Gasteiger partial charge in [0.05, 0.1) is 0 Å². The number of rotatable bonds is 3. The van der Waals surface area contributed by atoms with E-state index in [2.05, 4.69) is 6.92 Å². The predicted octanol–water partition coefficient (Wildman–Crippen LogP) is 3.73. The molecule has 1 amide bonds. The predicted molar refractivity (Wildman–Crippen MR) is 70.7 cm³/mol. The fourth-order valence-corrected chi connectivity index (χ4v) is 2.10. The molecule has 1 N–H and O–H groups in total. The average molecular weight is 285 g/mol. The first-order valence-corrected chi connectivity index (χ1v) is 6.61. The first-order valence-electron chi connectivity index (χ1n) is 6.61. The lowest BCUT2D eigenvalue weighted by Crippen LogP contribution is -2.43. The van der Waals surface area contributed by atoms with Gasteiger partial charge in [-0.05, 0) is 49.8 Å². The van der Waals surface area contributed by atoms with E-state index in [1.165, 1.54) is 0 Å². The van der Waals surface area contributed by atoms with Crippen molar-refractivity contribution in [2.45, 2.75) is 51.2 Å². The third kappa shape index (κ3) is 3.14. The lowest BCUT2D eigenvalue weighted by molar-refractivity contribution is -0.149. The molecule has 1 fully saturated rings. The van der Waals surface area contributed by atoms with Crippen molar-refractivity contribution in [3.05, 3.63) is 34.9 Å². The zero-order valence-corrected chi connectivity index (χ0v) is 11.8. The molecule has 0 radical (unpaired) electrons. The van der Waals surface area contributed by atoms with Gasteiger partial charge in [-0.3, -0.25) is 4.79 Å². The summed E-state index contributed by atoms with van der Waals surface area (Å²) in [5.74, 6) is -0.677. The molecule has 0 aliphatic heterocycles. The highest BCUT2D eigenvalue weighted by molar-refractivity contribution is 5.94. The number of amides is 1. The van der Waals surface area contributed by atoms with Crippen LogP contribution in [0.15, 0.2) is 18.2 Å². The molecule has 20 heavy (non-hydrogen) atoms. The van der Waals surface area contributed by atoms with E-state index >= 15 is 0 Å². The Labute approximate surface area is 116 Å². The van der Waals surface area contributed by atoms with Gasteiger partial charge in [-0.15, -0.1) is 0 Å². The summed E-state index contributed by atoms with van der Waals surface area (Å²) in [7, 11) is 0. The zero-order valence-electron chi connectivity index (χ0n) is 11.8. The topological polar surface area (TPSA) is 29.1 Å². The van der Waals surface area contributed by atoms with Crippen LogP contribution in [0.3, 0.4) is 0 Å². The largest absolute Gasteiger partial charge is 0.408 e. The van der Waals surface area contributed by atoms with E-state index in [0.29, 0.717) is 5.56 Å². The summed E-state index contributed by atoms with van der Waals surface area (Å²) in [4.78, 5) is 11.9. The summed E-state index contributed by atoms with van der Waals surface area (Å²) < 4.78 is 37.4. The minimum atomic E-state index is -4.43. The van der Waals surface area contributed by atoms with Crippen LogP contribution in [0, 0.1) is 6.92 Å². The van der Waals surface area contributed by atoms with E-state index in [9.17, 15) is 18.0 Å². The number of hydrogen-bond donors (Lipinski definition) is 1. The van der Waals surface area contributed by atoms with E-state index in [1.54, 1.807) is 12.1 Å². The van der Waals surface area contributed by atoms with Crippen molar-refractivity contribution >= 4 is 5.91 Å². The van der Waals surface area contributed by atoms with Crippen molar-refractivity contribution in [3.63, 3.8) is 0 Å². The SMILES string of the molecule is Cc1cc(C(=O)N[C@@H](C)C(F)(F)F)cc(C2(C)CC2)c1. The summed E-state index contributed by atoms with van der Waals surface area (Å²) in [6, 6.07) is 3.47. The monoisotopic (exact) mass is 285 g/mol. The molecule has 0 bridgehead atoms. The van der Waals surface area contributed by atoms with Gasteiger partial charge in [0, 0.05) is 5.56 Å². The van der Waals surface area contributed by atoms with Crippen molar-refractivity contribution < 1.29 is 18.0 Å². The molecule has 0 unspecified atom stereocenters. The van der Waals surface area contributed by atoms with E-state index in [0.717, 1.165) is 30.9 Å². The number of nitrogens with one attached hydrogen (secondary N) is 1. The Kier molecular flexibility index (Phi) is 3.56. The molecule has 0 spiro atoms. The molecule has 0 saturated heterocycles. The van der Waals surface area contributed by atoms with Gasteiger partial charge in [0.25, 0.3) is 5.91 Å². The van der Waals surface area contributed by atoms with E-state index < -0.39 is 18.1 Å². The van der Waals surface area contributed by atoms with Crippen LogP contribution in [0.25, 0.3) is 0 Å². The van der Waals surface area contributed by atoms with Gasteiger partial charge in [0.2, 0.25) is 0 Å². The van der Waals surface area contributed by atoms with Crippen molar-refractivity contribution in [1.29, 1.82) is 0 Å². The summed E-state index contributed by atoms with van der Waals surface area (Å²) in [5, 5.41) is 2.00. The van der Waals surface area contributed by atoms with Crippen molar-refractivity contribution in [1.82, 2.24) is 5.32 Å². The zero-order chi connectivity index (χ0) is 15.1. The highest BCUT2D eigenvalue weighted by Gasteiger charge is 2.40. The molecule has 110 valence electrons. The minimum Gasteiger partial charge on any atom is -0.341 e. The number of hydrogen-bond acceptors (Lipinski definition) is 1. The Hall–Kier alpha value is -1.52. The maximum atomic E-state index is 12.5. The third-order valence-corrected chi connectivity index (χ3v) is 3.88. The normalized spacial score (nSPS) is 18.5. The fourth-order valence-electron chi connectivity index (χ4n) is 2.10. The third-order valence-electron chi connectivity index (χ3n) is 3.88. The van der Waals surface area contributed by atoms with Crippen molar-refractivity contribution in [3.8, 4) is 0 Å². The Bertz CT molecular complexity index is 532. The van der Waals surface area contributed by atoms with Gasteiger partial charge in [0.1, 0.15) is 6.04 Å². The molecule has 2 rings (SSSR count). The molecular weight excluding hydrogens is 267 g/mol. The van der Waals surface area contributed by atoms with Gasteiger partial charge < -0.3 is 5.32 Å². The molecule has 1 aromatic carbocycles. The summed E-state index contributed by atoms with van der Waals surface area (Å²) in [5.41, 5.74) is 2.29. The highest BCUT2D eigenvalue weighted by atomic mass is 19.4. The lowest BCUT2D eigenvalue weighted by Gasteiger charge is -2.18. The molecule has 1 aromatic rings. The van der Waals surface area contributed by atoms with E-state index in [4.69, 9.17) is 0 Å². The lowest BCUT2D eigenvalue weighted by atomic mass is 9.94. The first kappa shape index (κ1) is 14.9. The number of benzene rings is 1. The van der Waals surface area contributed by atoms with Crippen molar-refractivity contribution in [2.75, 3.05) is 0 Å². The summed E-state index contributed by atoms with van der Waals surface area (Å²) >= 11 is 0. The Balaban J connectivity index is 2.20. The van der Waals surface area contributed by atoms with Crippen LogP contribution >= 0.6 is 0 Å². The Morgan fingerprint density at radius 2 is 1.90 bits per heavy atom. The van der Waals surface area contributed by atoms with Crippen LogP contribution < -0.4 is 5.32 Å². The molecule has 1 aliphatic carbocycles. The highest BCUT2D eigenvalue weighted by Crippen LogP contribution is 2.47. The maximum Gasteiger partial charge on any atom is 0.408 e. The molecule has 2 nitrogen and oxygen atoms in total. The second-order valence-corrected chi connectivity index (χ2v) is 5.89. The number of carbonyl (C=O) groups is 1. The first-order chi connectivity index (χ1) is 9.12. The average Bonchev–Trinajstić information content (AvgIpc) is 3.06. The minimum absolute atomic E-state index is 0.0801. The Morgan fingerprint density at radius 3 is 2.40 bits per heavy atom. The standard InChI is InChI=1S/C15H18F3NO/c1-9-6-11(8-12(7-9)14(3)4-5-14)13(20)19-10(2)15(16,17)18/h6-8,10H,4-5H2,1-3H3,(H,19,20)/t10-/m0/s1. The van der Waals surface area contributed by atoms with Gasteiger partial charge >= 0.3 is 6.18 Å². The summed E-state index contributed by atoms with van der Waals surface area (Å²) in [6.45, 7) is 4.89. The second kappa shape index (κ2) is 4.79. The van der Waals surface area contributed by atoms with Crippen LogP contribution in [0.2, 0.25) is 0 Å². The molecule has 1 atom stereocenters. The number of carbonyl (C=O) groups excluding carboxylic acids is 1. The van der Waals surface area contributed by atoms with E-state index in [1.807, 2.05) is 18.3 Å². The fraction of sp³-hybridized carbons (Fsp3) is 0.533. The number of halogens is 3. The smallest absolute Gasteiger partial charge is 0.341 e. The Morgan fingerprint density at radius 1 is 1.30 bits per heavy atom. The van der Waals surface area contributed by atoms with Crippen LogP contribution in [0.5, 0.6) is 0 Å². The molecule has 1 saturated carbocycles. The van der Waals surface area contributed by atoms with Gasteiger partial charge in [-0.1, -0.05) is 18.6 Å². The molecule has 0 heterocycles. The van der Waals surface area contributed by atoms with Crippen LogP contribution in [-0.2, 0) is 5.41 Å². The molecule has 1 aliphatic rings. The number of alkyl halides is 3. The van der Waals surface area contributed by atoms with Gasteiger partial charge in [-0.25, -0.2) is 0 Å². The van der Waals surface area contributed by atoms with Gasteiger partial charge in [-0.2, -0.15) is 13.2 Å². The second-order valence-electron chi connectivity index (χ2n) is 5.89. The van der Waals surface area contributed by atoms with Gasteiger partial charge in [0.15, 0.2) is 0 Å². The summed E-state index contributed by atoms with van der Waals surface area (Å²) in [6.07, 6.45) is -2.32. The molecular formula is C15H18F3NO. The van der Waals surface area contributed by atoms with Crippen LogP contribution in [0.1, 0.15) is 48.2 Å². The molecule has 0 aromatic heterocycles. The quantitative estimate of drug-likeness (QED) is 0.901. The molecule has 5 heteroatoms. The van der Waals surface area contributed by atoms with Crippen LogP contribution in [-0.4, -0.2) is 18.1 Å². The number of aryl methyl sites for hydroxylation is 1. The van der Waals surface area contributed by atoms with Crippen molar-refractivity contribution in [2.24, 2.45) is 0 Å².